The highest BCUT2D eigenvalue weighted by Crippen LogP contribution is 2.17. The fraction of sp³-hybridized carbons (Fsp3) is 0.611. The number of hydrogen-bond acceptors (Lipinski definition) is 6. The number of nitrogens with zero attached hydrogens (tertiary/aromatic N) is 3. The third-order valence-corrected chi connectivity index (χ3v) is 5.08. The zero-order valence-corrected chi connectivity index (χ0v) is 16.9. The van der Waals surface area contributed by atoms with Gasteiger partial charge in [0.25, 0.3) is 5.91 Å². The zero-order valence-electron chi connectivity index (χ0n) is 16.1. The van der Waals surface area contributed by atoms with E-state index in [0.29, 0.717) is 24.5 Å². The minimum atomic E-state index is -0.390. The van der Waals surface area contributed by atoms with Crippen LogP contribution in [0.2, 0.25) is 0 Å². The Balaban J connectivity index is 1.77. The highest BCUT2D eigenvalue weighted by atomic mass is 32.2. The molecule has 0 aliphatic carbocycles. The Morgan fingerprint density at radius 2 is 1.74 bits per heavy atom. The number of carbonyl (C=O) groups is 3. The zero-order chi connectivity index (χ0) is 19.8. The van der Waals surface area contributed by atoms with Gasteiger partial charge in [0, 0.05) is 30.8 Å². The van der Waals surface area contributed by atoms with E-state index in [1.54, 1.807) is 4.90 Å². The van der Waals surface area contributed by atoms with Gasteiger partial charge in [0.05, 0.1) is 0 Å². The first-order chi connectivity index (χ1) is 12.9. The number of amides is 3. The van der Waals surface area contributed by atoms with Crippen LogP contribution >= 0.6 is 11.8 Å². The lowest BCUT2D eigenvalue weighted by atomic mass is 10.1. The third kappa shape index (κ3) is 6.50. The maximum Gasteiger partial charge on any atom is 0.257 e. The van der Waals surface area contributed by atoms with Crippen LogP contribution in [0.15, 0.2) is 5.16 Å². The molecule has 9 heteroatoms. The van der Waals surface area contributed by atoms with Crippen molar-refractivity contribution in [3.63, 3.8) is 0 Å². The molecule has 27 heavy (non-hydrogen) atoms. The summed E-state index contributed by atoms with van der Waals surface area (Å²) in [4.78, 5) is 46.3. The number of rotatable bonds is 6. The summed E-state index contributed by atoms with van der Waals surface area (Å²) in [7, 11) is 0. The van der Waals surface area contributed by atoms with E-state index in [-0.39, 0.29) is 24.8 Å². The van der Waals surface area contributed by atoms with E-state index in [1.165, 1.54) is 11.8 Å². The molecule has 1 saturated heterocycles. The minimum Gasteiger partial charge on any atom is -0.333 e. The van der Waals surface area contributed by atoms with Gasteiger partial charge < -0.3 is 4.90 Å². The van der Waals surface area contributed by atoms with Crippen molar-refractivity contribution in [1.29, 1.82) is 0 Å². The molecule has 1 aliphatic rings. The number of carbonyl (C=O) groups excluding carboxylic acids is 3. The first-order valence-corrected chi connectivity index (χ1v) is 10.4. The Labute approximate surface area is 163 Å². The summed E-state index contributed by atoms with van der Waals surface area (Å²) in [6, 6.07) is 0. The summed E-state index contributed by atoms with van der Waals surface area (Å²) in [5, 5.41) is 0.716. The number of hydrogen-bond donors (Lipinski definition) is 2. The fourth-order valence-electron chi connectivity index (χ4n) is 3.02. The second-order valence-electron chi connectivity index (χ2n) is 6.58. The van der Waals surface area contributed by atoms with Gasteiger partial charge in [-0.25, -0.2) is 9.97 Å². The molecule has 3 amide bonds. The smallest absolute Gasteiger partial charge is 0.257 e. The van der Waals surface area contributed by atoms with Crippen LogP contribution in [0.1, 0.15) is 49.1 Å². The fourth-order valence-corrected chi connectivity index (χ4v) is 3.48. The molecular formula is C18H27N5O3S. The summed E-state index contributed by atoms with van der Waals surface area (Å²) in [6.45, 7) is 4.37. The Kier molecular flexibility index (Phi) is 8.02. The molecule has 148 valence electrons. The molecule has 0 unspecified atom stereocenters. The molecular weight excluding hydrogens is 366 g/mol. The first-order valence-electron chi connectivity index (χ1n) is 9.14. The number of likely N-dealkylation sites (tertiary alicyclic amines) is 1. The van der Waals surface area contributed by atoms with Crippen LogP contribution in [0.5, 0.6) is 0 Å². The molecule has 2 N–H and O–H groups in total. The van der Waals surface area contributed by atoms with Crippen LogP contribution in [0.3, 0.4) is 0 Å². The predicted molar refractivity (Wildman–Crippen MR) is 103 cm³/mol. The molecule has 0 saturated carbocycles. The van der Waals surface area contributed by atoms with Gasteiger partial charge in [-0.2, -0.15) is 0 Å². The molecule has 0 bridgehead atoms. The van der Waals surface area contributed by atoms with Crippen molar-refractivity contribution in [3.05, 3.63) is 17.0 Å². The lowest BCUT2D eigenvalue weighted by molar-refractivity contribution is -0.136. The molecule has 1 aromatic rings. The van der Waals surface area contributed by atoms with Gasteiger partial charge in [0.2, 0.25) is 11.8 Å². The number of aryl methyl sites for hydroxylation is 2. The van der Waals surface area contributed by atoms with Crippen LogP contribution in [0.4, 0.5) is 0 Å². The van der Waals surface area contributed by atoms with Gasteiger partial charge in [-0.1, -0.05) is 18.2 Å². The summed E-state index contributed by atoms with van der Waals surface area (Å²) in [5.41, 5.74) is 7.48. The largest absolute Gasteiger partial charge is 0.333 e. The van der Waals surface area contributed by atoms with Crippen molar-refractivity contribution >= 4 is 29.5 Å². The Morgan fingerprint density at radius 1 is 1.07 bits per heavy atom. The average Bonchev–Trinajstić information content (AvgIpc) is 2.83. The van der Waals surface area contributed by atoms with Crippen molar-refractivity contribution in [3.8, 4) is 0 Å². The van der Waals surface area contributed by atoms with E-state index >= 15 is 0 Å². The van der Waals surface area contributed by atoms with Gasteiger partial charge in [-0.15, -0.1) is 0 Å². The monoisotopic (exact) mass is 393 g/mol. The van der Waals surface area contributed by atoms with E-state index in [2.05, 4.69) is 20.8 Å². The standard InChI is InChI=1S/C18H27N5O3S/c1-12-14(13(2)20-18(19-12)27-3)8-9-15(24)21-22-16(25)11-23-10-6-4-5-7-17(23)26/h4-11H2,1-3H3,(H,21,24)(H,22,25). The number of aromatic nitrogens is 2. The van der Waals surface area contributed by atoms with Gasteiger partial charge in [-0.3, -0.25) is 25.2 Å². The molecule has 8 nitrogen and oxygen atoms in total. The molecule has 0 spiro atoms. The van der Waals surface area contributed by atoms with Crippen LogP contribution in [-0.4, -0.2) is 51.9 Å². The quantitative estimate of drug-likeness (QED) is 0.429. The number of hydrazine groups is 1. The van der Waals surface area contributed by atoms with E-state index in [9.17, 15) is 14.4 Å². The summed E-state index contributed by atoms with van der Waals surface area (Å²) in [6.07, 6.45) is 5.89. The maximum absolute atomic E-state index is 12.0. The number of thioether (sulfide) groups is 1. The Morgan fingerprint density at radius 3 is 2.41 bits per heavy atom. The SMILES string of the molecule is CSc1nc(C)c(CCC(=O)NNC(=O)CN2CCCCCC2=O)c(C)n1. The second-order valence-corrected chi connectivity index (χ2v) is 7.36. The summed E-state index contributed by atoms with van der Waals surface area (Å²) >= 11 is 1.48. The van der Waals surface area contributed by atoms with Crippen LogP contribution in [0.25, 0.3) is 0 Å². The van der Waals surface area contributed by atoms with Crippen LogP contribution in [0, 0.1) is 13.8 Å². The molecule has 0 atom stereocenters. The molecule has 1 fully saturated rings. The normalized spacial score (nSPS) is 14.6. The van der Waals surface area contributed by atoms with Gasteiger partial charge in [0.1, 0.15) is 6.54 Å². The Hall–Kier alpha value is -2.16. The van der Waals surface area contributed by atoms with Crippen molar-refractivity contribution in [2.45, 2.75) is 57.5 Å². The molecule has 1 aliphatic heterocycles. The van der Waals surface area contributed by atoms with Gasteiger partial charge in [-0.05, 0) is 44.9 Å². The second kappa shape index (κ2) is 10.2. The van der Waals surface area contributed by atoms with E-state index in [1.807, 2.05) is 20.1 Å². The van der Waals surface area contributed by atoms with Crippen molar-refractivity contribution in [2.24, 2.45) is 0 Å². The van der Waals surface area contributed by atoms with E-state index < -0.39 is 5.91 Å². The first kappa shape index (κ1) is 21.1. The van der Waals surface area contributed by atoms with E-state index in [4.69, 9.17) is 0 Å². The van der Waals surface area contributed by atoms with Crippen molar-refractivity contribution < 1.29 is 14.4 Å². The van der Waals surface area contributed by atoms with Crippen molar-refractivity contribution in [2.75, 3.05) is 19.3 Å². The summed E-state index contributed by atoms with van der Waals surface area (Å²) in [5.74, 6) is -0.689. The predicted octanol–water partition coefficient (Wildman–Crippen LogP) is 1.30. The average molecular weight is 394 g/mol. The lowest BCUT2D eigenvalue weighted by Crippen LogP contribution is -2.47. The molecule has 0 aromatic carbocycles. The maximum atomic E-state index is 12.0. The molecule has 2 rings (SSSR count). The molecule has 2 heterocycles. The topological polar surface area (TPSA) is 104 Å². The highest BCUT2D eigenvalue weighted by Gasteiger charge is 2.19. The molecule has 0 radical (unpaired) electrons. The Bertz CT molecular complexity index is 687. The van der Waals surface area contributed by atoms with Gasteiger partial charge >= 0.3 is 0 Å². The van der Waals surface area contributed by atoms with Crippen LogP contribution in [-0.2, 0) is 20.8 Å². The summed E-state index contributed by atoms with van der Waals surface area (Å²) < 4.78 is 0. The van der Waals surface area contributed by atoms with Crippen LogP contribution < -0.4 is 10.9 Å². The van der Waals surface area contributed by atoms with Crippen molar-refractivity contribution in [1.82, 2.24) is 25.7 Å². The minimum absolute atomic E-state index is 0.00591. The highest BCUT2D eigenvalue weighted by molar-refractivity contribution is 7.98. The van der Waals surface area contributed by atoms with Gasteiger partial charge in [0.15, 0.2) is 5.16 Å². The molecule has 1 aromatic heterocycles. The van der Waals surface area contributed by atoms with E-state index in [0.717, 1.165) is 36.2 Å². The lowest BCUT2D eigenvalue weighted by Gasteiger charge is -2.19. The third-order valence-electron chi connectivity index (χ3n) is 4.53. The number of nitrogens with one attached hydrogen (secondary N) is 2.